The van der Waals surface area contributed by atoms with E-state index in [1.165, 1.54) is 22.2 Å². The second-order valence-electron chi connectivity index (χ2n) is 8.04. The topological polar surface area (TPSA) is 66.0 Å². The second-order valence-corrected chi connectivity index (χ2v) is 8.04. The standard InChI is InChI=1S/C22H29N5O/c1-16(2)24-22(28)7-5-19-13-20-15-26(10-3-11-27(20)25-19)14-17-4-6-21-18(12-17)8-9-23-21/h4,6,8-9,12-13,16,23H,3,5,7,10-11,14-15H2,1-2H3,(H,24,28). The number of hydrogen-bond acceptors (Lipinski definition) is 3. The van der Waals surface area contributed by atoms with Gasteiger partial charge in [0.05, 0.1) is 11.4 Å². The molecule has 0 unspecified atom stereocenters. The zero-order valence-corrected chi connectivity index (χ0v) is 16.7. The van der Waals surface area contributed by atoms with E-state index in [-0.39, 0.29) is 11.9 Å². The molecule has 1 aromatic carbocycles. The van der Waals surface area contributed by atoms with Crippen LogP contribution in [0.25, 0.3) is 10.9 Å². The molecule has 0 atom stereocenters. The van der Waals surface area contributed by atoms with Crippen molar-refractivity contribution in [3.63, 3.8) is 0 Å². The number of nitrogens with zero attached hydrogens (tertiary/aromatic N) is 3. The van der Waals surface area contributed by atoms with Gasteiger partial charge in [0.25, 0.3) is 0 Å². The summed E-state index contributed by atoms with van der Waals surface area (Å²) in [6, 6.07) is 11.1. The molecule has 0 spiro atoms. The first-order valence-electron chi connectivity index (χ1n) is 10.2. The Morgan fingerprint density at radius 1 is 1.25 bits per heavy atom. The number of aromatic nitrogens is 3. The summed E-state index contributed by atoms with van der Waals surface area (Å²) < 4.78 is 2.13. The van der Waals surface area contributed by atoms with Gasteiger partial charge in [0, 0.05) is 56.8 Å². The van der Waals surface area contributed by atoms with Gasteiger partial charge in [-0.15, -0.1) is 0 Å². The van der Waals surface area contributed by atoms with Gasteiger partial charge in [-0.3, -0.25) is 14.4 Å². The van der Waals surface area contributed by atoms with E-state index in [1.807, 2.05) is 20.0 Å². The van der Waals surface area contributed by atoms with Crippen molar-refractivity contribution in [2.75, 3.05) is 6.54 Å². The highest BCUT2D eigenvalue weighted by atomic mass is 16.1. The quantitative estimate of drug-likeness (QED) is 0.691. The van der Waals surface area contributed by atoms with Crippen LogP contribution in [0.15, 0.2) is 36.5 Å². The van der Waals surface area contributed by atoms with Gasteiger partial charge in [0.2, 0.25) is 5.91 Å². The van der Waals surface area contributed by atoms with Crippen LogP contribution in [0, 0.1) is 0 Å². The molecule has 1 amide bonds. The van der Waals surface area contributed by atoms with Crippen molar-refractivity contribution in [3.05, 3.63) is 53.5 Å². The maximum atomic E-state index is 11.9. The van der Waals surface area contributed by atoms with Crippen molar-refractivity contribution in [2.24, 2.45) is 0 Å². The van der Waals surface area contributed by atoms with Gasteiger partial charge in [-0.25, -0.2) is 0 Å². The number of amides is 1. The summed E-state index contributed by atoms with van der Waals surface area (Å²) in [5, 5.41) is 8.95. The molecule has 6 heteroatoms. The highest BCUT2D eigenvalue weighted by Crippen LogP contribution is 2.19. The van der Waals surface area contributed by atoms with E-state index in [2.05, 4.69) is 50.2 Å². The van der Waals surface area contributed by atoms with Crippen LogP contribution in [0.5, 0.6) is 0 Å². The first kappa shape index (κ1) is 18.7. The minimum atomic E-state index is 0.0972. The zero-order chi connectivity index (χ0) is 19.5. The number of H-pyrrole nitrogens is 1. The third-order valence-corrected chi connectivity index (χ3v) is 5.23. The number of nitrogens with one attached hydrogen (secondary N) is 2. The maximum Gasteiger partial charge on any atom is 0.220 e. The third kappa shape index (κ3) is 4.44. The van der Waals surface area contributed by atoms with E-state index in [9.17, 15) is 4.79 Å². The Morgan fingerprint density at radius 3 is 3.00 bits per heavy atom. The Hall–Kier alpha value is -2.60. The molecule has 3 heterocycles. The molecule has 0 saturated heterocycles. The number of carbonyl (C=O) groups is 1. The molecule has 28 heavy (non-hydrogen) atoms. The van der Waals surface area contributed by atoms with Crippen molar-refractivity contribution < 1.29 is 4.79 Å². The molecule has 4 rings (SSSR count). The number of aromatic amines is 1. The summed E-state index contributed by atoms with van der Waals surface area (Å²) in [5.74, 6) is 0.0972. The Balaban J connectivity index is 1.40. The second kappa shape index (κ2) is 8.19. The third-order valence-electron chi connectivity index (χ3n) is 5.23. The average molecular weight is 380 g/mol. The van der Waals surface area contributed by atoms with Crippen molar-refractivity contribution in [1.29, 1.82) is 0 Å². The largest absolute Gasteiger partial charge is 0.361 e. The molecule has 0 radical (unpaired) electrons. The van der Waals surface area contributed by atoms with Crippen molar-refractivity contribution >= 4 is 16.8 Å². The molecule has 2 N–H and O–H groups in total. The minimum absolute atomic E-state index is 0.0972. The summed E-state index contributed by atoms with van der Waals surface area (Å²) >= 11 is 0. The SMILES string of the molecule is CC(C)NC(=O)CCc1cc2n(n1)CCCN(Cc1ccc3[nH]ccc3c1)C2. The predicted octanol–water partition coefficient (Wildman–Crippen LogP) is 3.23. The summed E-state index contributed by atoms with van der Waals surface area (Å²) in [6.45, 7) is 7.83. The van der Waals surface area contributed by atoms with Crippen LogP contribution in [0.1, 0.15) is 43.6 Å². The van der Waals surface area contributed by atoms with Crippen LogP contribution >= 0.6 is 0 Å². The molecular formula is C22H29N5O. The van der Waals surface area contributed by atoms with Gasteiger partial charge in [-0.05, 0) is 55.5 Å². The van der Waals surface area contributed by atoms with E-state index in [0.29, 0.717) is 12.8 Å². The van der Waals surface area contributed by atoms with Crippen LogP contribution < -0.4 is 5.32 Å². The maximum absolute atomic E-state index is 11.9. The van der Waals surface area contributed by atoms with Crippen LogP contribution in [0.2, 0.25) is 0 Å². The van der Waals surface area contributed by atoms with Crippen LogP contribution in [0.4, 0.5) is 0 Å². The van der Waals surface area contributed by atoms with E-state index < -0.39 is 0 Å². The lowest BCUT2D eigenvalue weighted by molar-refractivity contribution is -0.121. The lowest BCUT2D eigenvalue weighted by Gasteiger charge is -2.19. The van der Waals surface area contributed by atoms with Crippen LogP contribution in [-0.2, 0) is 30.8 Å². The molecule has 0 fully saturated rings. The van der Waals surface area contributed by atoms with E-state index >= 15 is 0 Å². The van der Waals surface area contributed by atoms with Gasteiger partial charge in [-0.2, -0.15) is 5.10 Å². The number of rotatable bonds is 6. The lowest BCUT2D eigenvalue weighted by Crippen LogP contribution is -2.30. The fourth-order valence-electron chi connectivity index (χ4n) is 3.94. The molecule has 1 aliphatic heterocycles. The number of carbonyl (C=O) groups excluding carboxylic acids is 1. The van der Waals surface area contributed by atoms with Gasteiger partial charge < -0.3 is 10.3 Å². The van der Waals surface area contributed by atoms with Crippen LogP contribution in [-0.4, -0.2) is 38.2 Å². The number of aryl methyl sites for hydroxylation is 2. The predicted molar refractivity (Wildman–Crippen MR) is 111 cm³/mol. The molecule has 2 aromatic heterocycles. The Kier molecular flexibility index (Phi) is 5.48. The Labute approximate surface area is 165 Å². The smallest absolute Gasteiger partial charge is 0.220 e. The number of hydrogen-bond donors (Lipinski definition) is 2. The summed E-state index contributed by atoms with van der Waals surface area (Å²) in [6.07, 6.45) is 4.27. The van der Waals surface area contributed by atoms with Gasteiger partial charge >= 0.3 is 0 Å². The molecule has 0 aliphatic carbocycles. The molecule has 3 aromatic rings. The molecule has 1 aliphatic rings. The summed E-state index contributed by atoms with van der Waals surface area (Å²) in [7, 11) is 0. The first-order chi connectivity index (χ1) is 13.6. The van der Waals surface area contributed by atoms with Gasteiger partial charge in [0.15, 0.2) is 0 Å². The summed E-state index contributed by atoms with van der Waals surface area (Å²) in [5.41, 5.74) is 4.79. The highest BCUT2D eigenvalue weighted by molar-refractivity contribution is 5.79. The van der Waals surface area contributed by atoms with Gasteiger partial charge in [0.1, 0.15) is 0 Å². The van der Waals surface area contributed by atoms with Crippen molar-refractivity contribution in [2.45, 2.75) is 58.8 Å². The van der Waals surface area contributed by atoms with Crippen LogP contribution in [0.3, 0.4) is 0 Å². The van der Waals surface area contributed by atoms with E-state index in [0.717, 1.165) is 38.3 Å². The highest BCUT2D eigenvalue weighted by Gasteiger charge is 2.17. The number of benzene rings is 1. The zero-order valence-electron chi connectivity index (χ0n) is 16.7. The number of fused-ring (bicyclic) bond motifs is 2. The fraction of sp³-hybridized carbons (Fsp3) is 0.455. The molecule has 0 bridgehead atoms. The van der Waals surface area contributed by atoms with Crippen molar-refractivity contribution in [3.8, 4) is 0 Å². The average Bonchev–Trinajstić information content (AvgIpc) is 3.22. The Morgan fingerprint density at radius 2 is 2.14 bits per heavy atom. The lowest BCUT2D eigenvalue weighted by atomic mass is 10.1. The first-order valence-corrected chi connectivity index (χ1v) is 10.2. The normalized spacial score (nSPS) is 15.0. The molecule has 148 valence electrons. The van der Waals surface area contributed by atoms with E-state index in [1.54, 1.807) is 0 Å². The molecule has 0 saturated carbocycles. The van der Waals surface area contributed by atoms with E-state index in [4.69, 9.17) is 5.10 Å². The van der Waals surface area contributed by atoms with Gasteiger partial charge in [-0.1, -0.05) is 6.07 Å². The minimum Gasteiger partial charge on any atom is -0.361 e. The van der Waals surface area contributed by atoms with Crippen molar-refractivity contribution in [1.82, 2.24) is 25.0 Å². The molecular weight excluding hydrogens is 350 g/mol. The monoisotopic (exact) mass is 379 g/mol. The summed E-state index contributed by atoms with van der Waals surface area (Å²) in [4.78, 5) is 17.6. The molecule has 6 nitrogen and oxygen atoms in total. The Bertz CT molecular complexity index is 955. The fourth-order valence-corrected chi connectivity index (χ4v) is 3.94.